The van der Waals surface area contributed by atoms with E-state index >= 15 is 0 Å². The van der Waals surface area contributed by atoms with Crippen molar-refractivity contribution in [1.82, 2.24) is 0 Å². The van der Waals surface area contributed by atoms with Crippen molar-refractivity contribution >= 4 is 6.47 Å². The highest BCUT2D eigenvalue weighted by Gasteiger charge is 1.83. The van der Waals surface area contributed by atoms with Gasteiger partial charge in [0.1, 0.15) is 0 Å². The van der Waals surface area contributed by atoms with Gasteiger partial charge < -0.3 is 5.11 Å². The molecule has 2 aromatic carbocycles. The molecule has 0 amide bonds. The Kier molecular flexibility index (Phi) is 5.70. The van der Waals surface area contributed by atoms with Crippen LogP contribution in [0.3, 0.4) is 0 Å². The van der Waals surface area contributed by atoms with Crippen LogP contribution in [0.1, 0.15) is 11.1 Å². The predicted octanol–water partition coefficient (Wildman–Crippen LogP) is 2.79. The van der Waals surface area contributed by atoms with E-state index in [4.69, 9.17) is 9.90 Å². The number of carboxylic acid groups (broad SMARTS) is 1. The molecule has 0 saturated heterocycles. The van der Waals surface area contributed by atoms with Gasteiger partial charge in [-0.05, 0) is 24.3 Å². The van der Waals surface area contributed by atoms with Gasteiger partial charge in [0.05, 0.1) is 0 Å². The van der Waals surface area contributed by atoms with Crippen molar-refractivity contribution in [2.24, 2.45) is 0 Å². The monoisotopic (exact) mass is 224 g/mol. The molecule has 2 rings (SSSR count). The maximum atomic E-state index is 8.36. The van der Waals surface area contributed by atoms with Crippen LogP contribution in [0.4, 0.5) is 0 Å². The first-order chi connectivity index (χ1) is 8.36. The molecule has 0 radical (unpaired) electrons. The van der Waals surface area contributed by atoms with E-state index in [1.54, 1.807) is 0 Å². The summed E-state index contributed by atoms with van der Waals surface area (Å²) in [6, 6.07) is 20.0. The molecule has 0 unspecified atom stereocenters. The van der Waals surface area contributed by atoms with Crippen LogP contribution in [-0.4, -0.2) is 11.6 Å². The number of hydrogen-bond donors (Lipinski definition) is 1. The van der Waals surface area contributed by atoms with Gasteiger partial charge in [0.15, 0.2) is 0 Å². The third-order valence-corrected chi connectivity index (χ3v) is 1.90. The normalized spacial score (nSPS) is 8.00. The van der Waals surface area contributed by atoms with E-state index in [0.29, 0.717) is 0 Å². The van der Waals surface area contributed by atoms with Gasteiger partial charge in [-0.15, -0.1) is 0 Å². The summed E-state index contributed by atoms with van der Waals surface area (Å²) in [5.41, 5.74) is 2.10. The molecule has 2 heteroatoms. The standard InChI is InChI=1S/C14H10.CH2O2/c1-3-7-13(8-4-1)11-12-14-9-5-2-6-10-14;2-1-3/h1-10H;1H,(H,2,3). The molecule has 0 aliphatic rings. The summed E-state index contributed by atoms with van der Waals surface area (Å²) < 4.78 is 0. The maximum Gasteiger partial charge on any atom is 0.290 e. The first-order valence-electron chi connectivity index (χ1n) is 5.07. The van der Waals surface area contributed by atoms with Gasteiger partial charge in [-0.1, -0.05) is 48.2 Å². The van der Waals surface area contributed by atoms with E-state index in [0.717, 1.165) is 11.1 Å². The topological polar surface area (TPSA) is 37.3 Å². The van der Waals surface area contributed by atoms with Crippen molar-refractivity contribution < 1.29 is 9.90 Å². The smallest absolute Gasteiger partial charge is 0.290 e. The van der Waals surface area contributed by atoms with E-state index in [-0.39, 0.29) is 6.47 Å². The molecule has 0 heterocycles. The van der Waals surface area contributed by atoms with E-state index in [9.17, 15) is 0 Å². The summed E-state index contributed by atoms with van der Waals surface area (Å²) in [7, 11) is 0. The van der Waals surface area contributed by atoms with E-state index in [1.807, 2.05) is 60.7 Å². The van der Waals surface area contributed by atoms with Crippen LogP contribution in [-0.2, 0) is 4.79 Å². The first-order valence-corrected chi connectivity index (χ1v) is 5.07. The largest absolute Gasteiger partial charge is 0.483 e. The van der Waals surface area contributed by atoms with Crippen molar-refractivity contribution in [2.45, 2.75) is 0 Å². The Balaban J connectivity index is 0.000000437. The summed E-state index contributed by atoms with van der Waals surface area (Å²) in [5.74, 6) is 6.22. The van der Waals surface area contributed by atoms with Crippen LogP contribution in [0.2, 0.25) is 0 Å². The molecule has 2 nitrogen and oxygen atoms in total. The highest BCUT2D eigenvalue weighted by molar-refractivity contribution is 5.42. The molecular formula is C15H12O2. The third kappa shape index (κ3) is 5.19. The van der Waals surface area contributed by atoms with Gasteiger partial charge >= 0.3 is 0 Å². The summed E-state index contributed by atoms with van der Waals surface area (Å²) >= 11 is 0. The van der Waals surface area contributed by atoms with E-state index in [1.165, 1.54) is 0 Å². The molecule has 0 bridgehead atoms. The lowest BCUT2D eigenvalue weighted by Gasteiger charge is -1.88. The number of rotatable bonds is 0. The highest BCUT2D eigenvalue weighted by atomic mass is 16.3. The lowest BCUT2D eigenvalue weighted by molar-refractivity contribution is -0.122. The highest BCUT2D eigenvalue weighted by Crippen LogP contribution is 1.98. The lowest BCUT2D eigenvalue weighted by atomic mass is 10.2. The second kappa shape index (κ2) is 7.72. The predicted molar refractivity (Wildman–Crippen MR) is 67.6 cm³/mol. The zero-order valence-corrected chi connectivity index (χ0v) is 9.21. The van der Waals surface area contributed by atoms with Crippen LogP contribution in [0.5, 0.6) is 0 Å². The summed E-state index contributed by atoms with van der Waals surface area (Å²) in [4.78, 5) is 8.36. The second-order valence-electron chi connectivity index (χ2n) is 3.09. The fourth-order valence-electron chi connectivity index (χ4n) is 1.19. The van der Waals surface area contributed by atoms with Gasteiger partial charge in [0, 0.05) is 11.1 Å². The molecule has 0 aromatic heterocycles. The Labute approximate surface area is 101 Å². The zero-order chi connectivity index (χ0) is 12.3. The Bertz CT molecular complexity index is 449. The average molecular weight is 224 g/mol. The minimum absolute atomic E-state index is 0.250. The molecule has 0 aliphatic heterocycles. The molecular weight excluding hydrogens is 212 g/mol. The fraction of sp³-hybridized carbons (Fsp3) is 0. The molecule has 0 fully saturated rings. The van der Waals surface area contributed by atoms with Crippen molar-refractivity contribution in [3.05, 3.63) is 71.8 Å². The van der Waals surface area contributed by atoms with Crippen LogP contribution in [0.15, 0.2) is 60.7 Å². The first kappa shape index (κ1) is 12.5. The van der Waals surface area contributed by atoms with Crippen molar-refractivity contribution in [3.8, 4) is 11.8 Å². The molecule has 84 valence electrons. The minimum atomic E-state index is -0.250. The van der Waals surface area contributed by atoms with Gasteiger partial charge in [0.2, 0.25) is 0 Å². The van der Waals surface area contributed by atoms with E-state index < -0.39 is 0 Å². The summed E-state index contributed by atoms with van der Waals surface area (Å²) in [6.45, 7) is -0.250. The molecule has 0 saturated carbocycles. The van der Waals surface area contributed by atoms with E-state index in [2.05, 4.69) is 11.8 Å². The molecule has 17 heavy (non-hydrogen) atoms. The van der Waals surface area contributed by atoms with Gasteiger partial charge in [0.25, 0.3) is 6.47 Å². The lowest BCUT2D eigenvalue weighted by Crippen LogP contribution is -1.73. The maximum absolute atomic E-state index is 8.36. The van der Waals surface area contributed by atoms with Crippen LogP contribution in [0.25, 0.3) is 0 Å². The Hall–Kier alpha value is -2.53. The number of carbonyl (C=O) groups is 1. The molecule has 0 spiro atoms. The van der Waals surface area contributed by atoms with Gasteiger partial charge in [-0.25, -0.2) is 0 Å². The van der Waals surface area contributed by atoms with Crippen LogP contribution in [0, 0.1) is 11.8 Å². The zero-order valence-electron chi connectivity index (χ0n) is 9.21. The van der Waals surface area contributed by atoms with Crippen molar-refractivity contribution in [3.63, 3.8) is 0 Å². The Morgan fingerprint density at radius 1 is 0.765 bits per heavy atom. The minimum Gasteiger partial charge on any atom is -0.483 e. The third-order valence-electron chi connectivity index (χ3n) is 1.90. The summed E-state index contributed by atoms with van der Waals surface area (Å²) in [6.07, 6.45) is 0. The summed E-state index contributed by atoms with van der Waals surface area (Å²) in [5, 5.41) is 6.89. The molecule has 1 N–H and O–H groups in total. The Morgan fingerprint density at radius 3 is 1.35 bits per heavy atom. The average Bonchev–Trinajstić information content (AvgIpc) is 2.40. The molecule has 0 atom stereocenters. The number of benzene rings is 2. The van der Waals surface area contributed by atoms with Crippen molar-refractivity contribution in [1.29, 1.82) is 0 Å². The second-order valence-corrected chi connectivity index (χ2v) is 3.09. The van der Waals surface area contributed by atoms with Crippen LogP contribution >= 0.6 is 0 Å². The van der Waals surface area contributed by atoms with Crippen LogP contribution < -0.4 is 0 Å². The van der Waals surface area contributed by atoms with Crippen molar-refractivity contribution in [2.75, 3.05) is 0 Å². The molecule has 0 aliphatic carbocycles. The molecule has 2 aromatic rings. The SMILES string of the molecule is C(#Cc1ccccc1)c1ccccc1.O=CO. The quantitative estimate of drug-likeness (QED) is 0.552. The van der Waals surface area contributed by atoms with Gasteiger partial charge in [-0.2, -0.15) is 0 Å². The Morgan fingerprint density at radius 2 is 1.06 bits per heavy atom. The fourth-order valence-corrected chi connectivity index (χ4v) is 1.19. The number of hydrogen-bond acceptors (Lipinski definition) is 1. The van der Waals surface area contributed by atoms with Gasteiger partial charge in [-0.3, -0.25) is 4.79 Å².